The van der Waals surface area contributed by atoms with Gasteiger partial charge in [0.25, 0.3) is 0 Å². The first-order valence-corrected chi connectivity index (χ1v) is 5.25. The molecule has 13 heavy (non-hydrogen) atoms. The van der Waals surface area contributed by atoms with Crippen LogP contribution < -0.4 is 0 Å². The van der Waals surface area contributed by atoms with Crippen LogP contribution in [0, 0.1) is 5.92 Å². The average molecular weight is 202 g/mol. The van der Waals surface area contributed by atoms with E-state index in [0.717, 1.165) is 30.9 Å². The van der Waals surface area contributed by atoms with Gasteiger partial charge in [0.1, 0.15) is 5.76 Å². The number of rotatable bonds is 5. The Morgan fingerprint density at radius 2 is 2.23 bits per heavy atom. The minimum absolute atomic E-state index is 0.574. The highest BCUT2D eigenvalue weighted by Crippen LogP contribution is 2.10. The molecular formula is C10H16ClNO. The molecule has 0 atom stereocenters. The first-order chi connectivity index (χ1) is 6.22. The maximum absolute atomic E-state index is 5.57. The standard InChI is InChI=1S/C10H16ClNO/c1-8(2)3-4-9-7-12-10(13-9)5-6-11/h7-8H,3-6H2,1-2H3. The van der Waals surface area contributed by atoms with Gasteiger partial charge in [-0.2, -0.15) is 0 Å². The molecule has 0 aliphatic rings. The molecule has 0 bridgehead atoms. The van der Waals surface area contributed by atoms with Crippen molar-refractivity contribution >= 4 is 11.6 Å². The van der Waals surface area contributed by atoms with Gasteiger partial charge in [-0.1, -0.05) is 13.8 Å². The first-order valence-electron chi connectivity index (χ1n) is 4.72. The summed E-state index contributed by atoms with van der Waals surface area (Å²) < 4.78 is 5.48. The van der Waals surface area contributed by atoms with Gasteiger partial charge in [-0.3, -0.25) is 0 Å². The Hall–Kier alpha value is -0.500. The average Bonchev–Trinajstić information content (AvgIpc) is 2.50. The number of hydrogen-bond donors (Lipinski definition) is 0. The molecule has 0 N–H and O–H groups in total. The van der Waals surface area contributed by atoms with E-state index in [1.54, 1.807) is 0 Å². The van der Waals surface area contributed by atoms with Gasteiger partial charge in [0.2, 0.25) is 0 Å². The Balaban J connectivity index is 2.39. The normalized spacial score (nSPS) is 11.1. The van der Waals surface area contributed by atoms with E-state index in [0.29, 0.717) is 11.8 Å². The van der Waals surface area contributed by atoms with Gasteiger partial charge in [-0.15, -0.1) is 11.6 Å². The van der Waals surface area contributed by atoms with Gasteiger partial charge in [-0.05, 0) is 12.3 Å². The van der Waals surface area contributed by atoms with Crippen LogP contribution in [-0.4, -0.2) is 10.9 Å². The van der Waals surface area contributed by atoms with Crippen molar-refractivity contribution in [3.63, 3.8) is 0 Å². The number of hydrogen-bond acceptors (Lipinski definition) is 2. The van der Waals surface area contributed by atoms with Crippen molar-refractivity contribution in [3.8, 4) is 0 Å². The molecule has 1 aromatic rings. The van der Waals surface area contributed by atoms with E-state index in [1.807, 2.05) is 6.20 Å². The zero-order valence-electron chi connectivity index (χ0n) is 8.22. The Morgan fingerprint density at radius 3 is 2.85 bits per heavy atom. The lowest BCUT2D eigenvalue weighted by atomic mass is 10.1. The molecular weight excluding hydrogens is 186 g/mol. The zero-order chi connectivity index (χ0) is 9.68. The fraction of sp³-hybridized carbons (Fsp3) is 0.700. The van der Waals surface area contributed by atoms with E-state index >= 15 is 0 Å². The van der Waals surface area contributed by atoms with Crippen LogP contribution in [0.2, 0.25) is 0 Å². The van der Waals surface area contributed by atoms with Crippen LogP contribution in [0.25, 0.3) is 0 Å². The van der Waals surface area contributed by atoms with E-state index in [1.165, 1.54) is 0 Å². The van der Waals surface area contributed by atoms with Crippen molar-refractivity contribution < 1.29 is 4.42 Å². The molecule has 0 spiro atoms. The summed E-state index contributed by atoms with van der Waals surface area (Å²) in [5.74, 6) is 3.02. The maximum atomic E-state index is 5.57. The van der Waals surface area contributed by atoms with E-state index in [2.05, 4.69) is 18.8 Å². The van der Waals surface area contributed by atoms with Crippen molar-refractivity contribution in [3.05, 3.63) is 17.8 Å². The number of halogens is 1. The lowest BCUT2D eigenvalue weighted by molar-refractivity contribution is 0.440. The van der Waals surface area contributed by atoms with Crippen LogP contribution in [0.15, 0.2) is 10.6 Å². The molecule has 0 saturated heterocycles. The fourth-order valence-electron chi connectivity index (χ4n) is 1.09. The lowest BCUT2D eigenvalue weighted by Crippen LogP contribution is -1.90. The molecule has 0 amide bonds. The molecule has 74 valence electrons. The van der Waals surface area contributed by atoms with Crippen molar-refractivity contribution in [2.45, 2.75) is 33.1 Å². The number of aryl methyl sites for hydroxylation is 2. The topological polar surface area (TPSA) is 26.0 Å². The molecule has 0 aromatic carbocycles. The molecule has 0 saturated carbocycles. The largest absolute Gasteiger partial charge is 0.446 e. The molecule has 2 nitrogen and oxygen atoms in total. The van der Waals surface area contributed by atoms with Crippen LogP contribution in [0.5, 0.6) is 0 Å². The van der Waals surface area contributed by atoms with E-state index in [9.17, 15) is 0 Å². The Morgan fingerprint density at radius 1 is 1.46 bits per heavy atom. The second-order valence-electron chi connectivity index (χ2n) is 3.59. The summed E-state index contributed by atoms with van der Waals surface area (Å²) in [6.07, 6.45) is 4.66. The van der Waals surface area contributed by atoms with E-state index in [4.69, 9.17) is 16.0 Å². The van der Waals surface area contributed by atoms with E-state index in [-0.39, 0.29) is 0 Å². The highest BCUT2D eigenvalue weighted by molar-refractivity contribution is 6.17. The Labute approximate surface area is 84.3 Å². The van der Waals surface area contributed by atoms with Crippen molar-refractivity contribution in [1.29, 1.82) is 0 Å². The monoisotopic (exact) mass is 201 g/mol. The molecule has 1 rings (SSSR count). The quantitative estimate of drug-likeness (QED) is 0.685. The molecule has 0 fully saturated rings. The number of alkyl halides is 1. The molecule has 0 unspecified atom stereocenters. The zero-order valence-corrected chi connectivity index (χ0v) is 8.97. The number of aromatic nitrogens is 1. The summed E-state index contributed by atoms with van der Waals surface area (Å²) in [6, 6.07) is 0. The minimum Gasteiger partial charge on any atom is -0.446 e. The summed E-state index contributed by atoms with van der Waals surface area (Å²) >= 11 is 5.57. The second kappa shape index (κ2) is 5.28. The number of oxazole rings is 1. The summed E-state index contributed by atoms with van der Waals surface area (Å²) in [7, 11) is 0. The van der Waals surface area contributed by atoms with Gasteiger partial charge < -0.3 is 4.42 Å². The maximum Gasteiger partial charge on any atom is 0.195 e. The minimum atomic E-state index is 0.574. The summed E-state index contributed by atoms with van der Waals surface area (Å²) in [5.41, 5.74) is 0. The first kappa shape index (κ1) is 10.6. The van der Waals surface area contributed by atoms with Gasteiger partial charge in [-0.25, -0.2) is 4.98 Å². The van der Waals surface area contributed by atoms with Gasteiger partial charge in [0, 0.05) is 18.7 Å². The molecule has 0 radical (unpaired) electrons. The van der Waals surface area contributed by atoms with Crippen molar-refractivity contribution in [1.82, 2.24) is 4.98 Å². The van der Waals surface area contributed by atoms with Gasteiger partial charge in [0.05, 0.1) is 6.20 Å². The van der Waals surface area contributed by atoms with Crippen LogP contribution in [0.1, 0.15) is 31.9 Å². The third-order valence-corrected chi connectivity index (χ3v) is 2.07. The lowest BCUT2D eigenvalue weighted by Gasteiger charge is -2.00. The Bertz CT molecular complexity index is 245. The summed E-state index contributed by atoms with van der Waals surface area (Å²) in [5, 5.41) is 0. The second-order valence-corrected chi connectivity index (χ2v) is 3.97. The van der Waals surface area contributed by atoms with Crippen LogP contribution in [0.4, 0.5) is 0 Å². The molecule has 3 heteroatoms. The van der Waals surface area contributed by atoms with Crippen LogP contribution >= 0.6 is 11.6 Å². The molecule has 1 heterocycles. The molecule has 1 aromatic heterocycles. The number of nitrogens with zero attached hydrogens (tertiary/aromatic N) is 1. The summed E-state index contributed by atoms with van der Waals surface area (Å²) in [6.45, 7) is 4.41. The van der Waals surface area contributed by atoms with Crippen molar-refractivity contribution in [2.24, 2.45) is 5.92 Å². The SMILES string of the molecule is CC(C)CCc1cnc(CCCl)o1. The predicted octanol–water partition coefficient (Wildman–Crippen LogP) is 3.04. The van der Waals surface area contributed by atoms with E-state index < -0.39 is 0 Å². The van der Waals surface area contributed by atoms with Gasteiger partial charge in [0.15, 0.2) is 5.89 Å². The fourth-order valence-corrected chi connectivity index (χ4v) is 1.25. The third kappa shape index (κ3) is 3.81. The van der Waals surface area contributed by atoms with Crippen LogP contribution in [0.3, 0.4) is 0 Å². The van der Waals surface area contributed by atoms with Crippen LogP contribution in [-0.2, 0) is 12.8 Å². The summed E-state index contributed by atoms with van der Waals surface area (Å²) in [4.78, 5) is 4.13. The highest BCUT2D eigenvalue weighted by Gasteiger charge is 2.03. The Kier molecular flexibility index (Phi) is 4.29. The smallest absolute Gasteiger partial charge is 0.195 e. The molecule has 0 aliphatic heterocycles. The van der Waals surface area contributed by atoms with Gasteiger partial charge >= 0.3 is 0 Å². The third-order valence-electron chi connectivity index (χ3n) is 1.88. The predicted molar refractivity (Wildman–Crippen MR) is 54.1 cm³/mol. The molecule has 0 aliphatic carbocycles. The highest BCUT2D eigenvalue weighted by atomic mass is 35.5. The van der Waals surface area contributed by atoms with Crippen molar-refractivity contribution in [2.75, 3.05) is 5.88 Å².